The van der Waals surface area contributed by atoms with E-state index in [-0.39, 0.29) is 32.3 Å². The molecular formula is C18H21F6N5O2. The highest BCUT2D eigenvalue weighted by Gasteiger charge is 2.59. The van der Waals surface area contributed by atoms with Crippen molar-refractivity contribution in [3.63, 3.8) is 0 Å². The Morgan fingerprint density at radius 2 is 1.71 bits per heavy atom. The van der Waals surface area contributed by atoms with Gasteiger partial charge in [-0.25, -0.2) is 9.98 Å². The number of morpholine rings is 1. The zero-order valence-corrected chi connectivity index (χ0v) is 16.5. The summed E-state index contributed by atoms with van der Waals surface area (Å²) < 4.78 is 87.0. The van der Waals surface area contributed by atoms with Gasteiger partial charge >= 0.3 is 18.4 Å². The first-order valence-electron chi connectivity index (χ1n) is 9.04. The maximum absolute atomic E-state index is 12.9. The lowest BCUT2D eigenvalue weighted by Gasteiger charge is -2.28. The molecule has 7 nitrogen and oxygen atoms in total. The molecule has 1 N–H and O–H groups in total. The van der Waals surface area contributed by atoms with Gasteiger partial charge in [0.2, 0.25) is 5.96 Å². The fraction of sp³-hybridized carbons (Fsp3) is 0.500. The van der Waals surface area contributed by atoms with Crippen LogP contribution in [0.25, 0.3) is 0 Å². The number of rotatable bonds is 4. The first-order chi connectivity index (χ1) is 14.5. The fourth-order valence-corrected chi connectivity index (χ4v) is 2.45. The number of amidine groups is 1. The Morgan fingerprint density at radius 3 is 2.23 bits per heavy atom. The van der Waals surface area contributed by atoms with Crippen LogP contribution in [0.4, 0.5) is 32.0 Å². The summed E-state index contributed by atoms with van der Waals surface area (Å²) in [6, 6.07) is 5.75. The highest BCUT2D eigenvalue weighted by atomic mass is 19.4. The molecule has 0 saturated carbocycles. The number of ether oxygens (including phenoxy) is 2. The maximum atomic E-state index is 12.9. The second-order valence-electron chi connectivity index (χ2n) is 6.39. The summed E-state index contributed by atoms with van der Waals surface area (Å²) in [4.78, 5) is 12.4. The number of benzene rings is 1. The van der Waals surface area contributed by atoms with Crippen LogP contribution >= 0.6 is 0 Å². The molecule has 0 aromatic heterocycles. The molecule has 31 heavy (non-hydrogen) atoms. The highest BCUT2D eigenvalue weighted by Crippen LogP contribution is 2.36. The lowest BCUT2D eigenvalue weighted by atomic mass is 10.2. The lowest BCUT2D eigenvalue weighted by Crippen LogP contribution is -2.46. The van der Waals surface area contributed by atoms with Gasteiger partial charge in [-0.15, -0.1) is 0 Å². The number of aryl methyl sites for hydroxylation is 1. The Morgan fingerprint density at radius 1 is 1.13 bits per heavy atom. The second kappa shape index (κ2) is 10.5. The van der Waals surface area contributed by atoms with Gasteiger partial charge < -0.3 is 19.7 Å². The first-order valence-corrected chi connectivity index (χ1v) is 9.04. The number of anilines is 1. The van der Waals surface area contributed by atoms with E-state index < -0.39 is 31.1 Å². The number of halogens is 6. The number of aliphatic imine (C=N–C) groups is 3. The lowest BCUT2D eigenvalue weighted by molar-refractivity contribution is -0.303. The third kappa shape index (κ3) is 7.74. The SMILES string of the molecule is C=NC(=NC(=NCNc1ccc(C)cc1)OC(C(F)(F)F)C(F)(F)F)N1CCOCC1. The molecule has 0 amide bonds. The van der Waals surface area contributed by atoms with E-state index in [0.29, 0.717) is 5.69 Å². The van der Waals surface area contributed by atoms with Crippen LogP contribution < -0.4 is 5.32 Å². The van der Waals surface area contributed by atoms with Crippen molar-refractivity contribution in [3.05, 3.63) is 29.8 Å². The number of hydrogen-bond acceptors (Lipinski definition) is 4. The van der Waals surface area contributed by atoms with Gasteiger partial charge in [0.15, 0.2) is 0 Å². The van der Waals surface area contributed by atoms with E-state index in [1.165, 1.54) is 4.90 Å². The summed E-state index contributed by atoms with van der Waals surface area (Å²) in [5, 5.41) is 2.74. The van der Waals surface area contributed by atoms with Gasteiger partial charge in [-0.3, -0.25) is 0 Å². The molecule has 1 saturated heterocycles. The van der Waals surface area contributed by atoms with E-state index in [4.69, 9.17) is 4.74 Å². The third-order valence-corrected chi connectivity index (χ3v) is 4.00. The van der Waals surface area contributed by atoms with Gasteiger partial charge in [0.05, 0.1) is 13.2 Å². The van der Waals surface area contributed by atoms with E-state index in [2.05, 4.69) is 31.7 Å². The van der Waals surface area contributed by atoms with E-state index in [0.717, 1.165) is 5.56 Å². The van der Waals surface area contributed by atoms with E-state index in [9.17, 15) is 26.3 Å². The monoisotopic (exact) mass is 453 g/mol. The minimum absolute atomic E-state index is 0.222. The van der Waals surface area contributed by atoms with Crippen molar-refractivity contribution in [2.24, 2.45) is 15.0 Å². The number of nitrogens with one attached hydrogen (secondary N) is 1. The van der Waals surface area contributed by atoms with Crippen LogP contribution in [0.15, 0.2) is 39.2 Å². The van der Waals surface area contributed by atoms with Crippen LogP contribution in [0.5, 0.6) is 0 Å². The van der Waals surface area contributed by atoms with E-state index in [1.54, 1.807) is 24.3 Å². The molecule has 0 atom stereocenters. The van der Waals surface area contributed by atoms with Gasteiger partial charge in [0.25, 0.3) is 6.10 Å². The van der Waals surface area contributed by atoms with E-state index >= 15 is 0 Å². The third-order valence-electron chi connectivity index (χ3n) is 4.00. The molecule has 0 spiro atoms. The topological polar surface area (TPSA) is 70.8 Å². The Kier molecular flexibility index (Phi) is 8.25. The normalized spacial score (nSPS) is 16.5. The molecule has 1 aromatic carbocycles. The molecule has 13 heteroatoms. The largest absolute Gasteiger partial charge is 0.441 e. The van der Waals surface area contributed by atoms with Crippen LogP contribution in [-0.2, 0) is 9.47 Å². The summed E-state index contributed by atoms with van der Waals surface area (Å²) in [6.07, 6.45) is -15.5. The number of guanidine groups is 1. The Labute approximate surface area is 174 Å². The molecule has 2 rings (SSSR count). The molecular weight excluding hydrogens is 432 g/mol. The van der Waals surface area contributed by atoms with Crippen molar-refractivity contribution in [1.82, 2.24) is 4.90 Å². The Bertz CT molecular complexity index is 772. The van der Waals surface area contributed by atoms with Gasteiger partial charge in [-0.05, 0) is 25.8 Å². The Hall–Kier alpha value is -2.83. The second-order valence-corrected chi connectivity index (χ2v) is 6.39. The molecule has 0 radical (unpaired) electrons. The van der Waals surface area contributed by atoms with Crippen molar-refractivity contribution in [3.8, 4) is 0 Å². The van der Waals surface area contributed by atoms with Crippen LogP contribution in [0.3, 0.4) is 0 Å². The van der Waals surface area contributed by atoms with Gasteiger partial charge in [-0.1, -0.05) is 17.7 Å². The van der Waals surface area contributed by atoms with Crippen molar-refractivity contribution in [2.45, 2.75) is 25.4 Å². The zero-order valence-electron chi connectivity index (χ0n) is 16.5. The van der Waals surface area contributed by atoms with Gasteiger partial charge in [0.1, 0.15) is 6.67 Å². The molecule has 0 unspecified atom stereocenters. The van der Waals surface area contributed by atoms with Crippen molar-refractivity contribution in [1.29, 1.82) is 0 Å². The molecule has 1 aliphatic heterocycles. The predicted molar refractivity (Wildman–Crippen MR) is 103 cm³/mol. The molecule has 1 aliphatic rings. The number of nitrogens with zero attached hydrogens (tertiary/aromatic N) is 4. The number of alkyl halides is 6. The summed E-state index contributed by atoms with van der Waals surface area (Å²) in [7, 11) is 0. The minimum Gasteiger partial charge on any atom is -0.441 e. The summed E-state index contributed by atoms with van der Waals surface area (Å²) >= 11 is 0. The molecule has 0 bridgehead atoms. The molecule has 1 aromatic rings. The molecule has 1 fully saturated rings. The van der Waals surface area contributed by atoms with E-state index in [1.807, 2.05) is 6.92 Å². The van der Waals surface area contributed by atoms with Crippen LogP contribution in [0.2, 0.25) is 0 Å². The van der Waals surface area contributed by atoms with Crippen molar-refractivity contribution in [2.75, 3.05) is 38.3 Å². The van der Waals surface area contributed by atoms with Gasteiger partial charge in [-0.2, -0.15) is 31.3 Å². The zero-order chi connectivity index (χ0) is 23.1. The molecule has 1 heterocycles. The van der Waals surface area contributed by atoms with Crippen LogP contribution in [0.1, 0.15) is 5.56 Å². The fourth-order valence-electron chi connectivity index (χ4n) is 2.45. The number of hydrogen-bond donors (Lipinski definition) is 1. The Balaban J connectivity index is 2.29. The average Bonchev–Trinajstić information content (AvgIpc) is 2.69. The summed E-state index contributed by atoms with van der Waals surface area (Å²) in [5.74, 6) is -0.222. The van der Waals surface area contributed by atoms with Gasteiger partial charge in [0, 0.05) is 18.8 Å². The van der Waals surface area contributed by atoms with Crippen LogP contribution in [-0.4, -0.2) is 75.0 Å². The van der Waals surface area contributed by atoms with Crippen LogP contribution in [0, 0.1) is 6.92 Å². The smallest absolute Gasteiger partial charge is 0.434 e. The molecule has 172 valence electrons. The molecule has 0 aliphatic carbocycles. The van der Waals surface area contributed by atoms with Crippen molar-refractivity contribution < 1.29 is 35.8 Å². The summed E-state index contributed by atoms with van der Waals surface area (Å²) in [5.41, 5.74) is 1.52. The highest BCUT2D eigenvalue weighted by molar-refractivity contribution is 5.94. The summed E-state index contributed by atoms with van der Waals surface area (Å²) in [6.45, 7) is 5.84. The standard InChI is InChI=1S/C18H21F6N5O2/c1-12-3-5-13(6-4-12)26-11-27-16(31-14(17(19,20)21)18(22,23)24)28-15(25-2)29-7-9-30-10-8-29/h3-6,14,26H,2,7-11H2,1H3. The predicted octanol–water partition coefficient (Wildman–Crippen LogP) is 3.62. The first kappa shape index (κ1) is 24.4. The minimum atomic E-state index is -5.72. The quantitative estimate of drug-likeness (QED) is 0.430. The van der Waals surface area contributed by atoms with Crippen molar-refractivity contribution >= 4 is 24.4 Å². The maximum Gasteiger partial charge on any atom is 0.434 e. The average molecular weight is 453 g/mol.